The third kappa shape index (κ3) is 13.8. The number of unbranched alkanes of at least 4 members (excludes halogenated alkanes) is 1. The topological polar surface area (TPSA) is 87.0 Å². The maximum absolute atomic E-state index is 10.4. The highest BCUT2D eigenvalue weighted by Crippen LogP contribution is 2.19. The van der Waals surface area contributed by atoms with E-state index in [-0.39, 0.29) is 12.5 Å². The molecular weight excluding hydrogens is 356 g/mol. The van der Waals surface area contributed by atoms with Crippen molar-refractivity contribution in [3.8, 4) is 11.5 Å². The predicted octanol–water partition coefficient (Wildman–Crippen LogP) is 5.13. The van der Waals surface area contributed by atoms with Gasteiger partial charge in [-0.1, -0.05) is 63.1 Å². The molecule has 5 nitrogen and oxygen atoms in total. The van der Waals surface area contributed by atoms with E-state index in [4.69, 9.17) is 20.1 Å². The largest absolute Gasteiger partial charge is 0.481 e. The molecule has 0 radical (unpaired) electrons. The highest BCUT2D eigenvalue weighted by atomic mass is 16.5. The standard InChI is InChI=1S/C12H10O.C8H16O2.C3H8O2/c1-3-7-11(8-4-1)13-12-9-5-2-6-10-12;1-3-5-6-7(4-2)8(9)10;1-3(5)2-4/h1-10H;7H,3-6H2,1-2H3,(H,9,10);3-5H,2H2,1H3. The zero-order chi connectivity index (χ0) is 21.2. The smallest absolute Gasteiger partial charge is 0.306 e. The van der Waals surface area contributed by atoms with Gasteiger partial charge >= 0.3 is 5.97 Å². The van der Waals surface area contributed by atoms with Gasteiger partial charge in [0.15, 0.2) is 0 Å². The van der Waals surface area contributed by atoms with Crippen molar-refractivity contribution in [1.82, 2.24) is 0 Å². The van der Waals surface area contributed by atoms with Crippen molar-refractivity contribution in [3.05, 3.63) is 60.7 Å². The van der Waals surface area contributed by atoms with Crippen molar-refractivity contribution < 1.29 is 24.9 Å². The van der Waals surface area contributed by atoms with Crippen molar-refractivity contribution in [2.75, 3.05) is 6.61 Å². The monoisotopic (exact) mass is 390 g/mol. The summed E-state index contributed by atoms with van der Waals surface area (Å²) in [7, 11) is 0. The Morgan fingerprint density at radius 1 is 0.964 bits per heavy atom. The second-order valence-electron chi connectivity index (χ2n) is 6.35. The minimum absolute atomic E-state index is 0.111. The molecule has 0 bridgehead atoms. The quantitative estimate of drug-likeness (QED) is 0.582. The van der Waals surface area contributed by atoms with E-state index in [1.165, 1.54) is 6.92 Å². The van der Waals surface area contributed by atoms with Crippen LogP contribution in [0.25, 0.3) is 0 Å². The summed E-state index contributed by atoms with van der Waals surface area (Å²) in [4.78, 5) is 10.4. The second kappa shape index (κ2) is 16.8. The summed E-state index contributed by atoms with van der Waals surface area (Å²) in [6.45, 7) is 5.39. The first kappa shape index (κ1) is 25.6. The van der Waals surface area contributed by atoms with E-state index in [1.54, 1.807) is 0 Å². The van der Waals surface area contributed by atoms with Crippen LogP contribution in [0.5, 0.6) is 11.5 Å². The molecule has 2 aromatic rings. The molecule has 28 heavy (non-hydrogen) atoms. The van der Waals surface area contributed by atoms with Gasteiger partial charge in [-0.15, -0.1) is 0 Å². The first-order valence-corrected chi connectivity index (χ1v) is 9.74. The van der Waals surface area contributed by atoms with Gasteiger partial charge in [-0.3, -0.25) is 4.79 Å². The normalized spacial score (nSPS) is 11.8. The van der Waals surface area contributed by atoms with Crippen LogP contribution in [0.15, 0.2) is 60.7 Å². The predicted molar refractivity (Wildman–Crippen MR) is 113 cm³/mol. The van der Waals surface area contributed by atoms with Gasteiger partial charge in [0.25, 0.3) is 0 Å². The SMILES string of the molecule is CC(O)CO.CCCCC(CC)C(=O)O.c1ccc(Oc2ccccc2)cc1. The average molecular weight is 391 g/mol. The van der Waals surface area contributed by atoms with Crippen molar-refractivity contribution in [2.45, 2.75) is 52.6 Å². The molecule has 0 aliphatic heterocycles. The van der Waals surface area contributed by atoms with Crippen LogP contribution in [-0.4, -0.2) is 34.0 Å². The number of benzene rings is 2. The number of hydrogen-bond acceptors (Lipinski definition) is 4. The minimum Gasteiger partial charge on any atom is -0.481 e. The summed E-state index contributed by atoms with van der Waals surface area (Å²) >= 11 is 0. The van der Waals surface area contributed by atoms with Gasteiger partial charge in [-0.2, -0.15) is 0 Å². The number of rotatable bonds is 8. The van der Waals surface area contributed by atoms with Crippen LogP contribution in [-0.2, 0) is 4.79 Å². The zero-order valence-corrected chi connectivity index (χ0v) is 17.1. The number of aliphatic carboxylic acids is 1. The summed E-state index contributed by atoms with van der Waals surface area (Å²) in [5.41, 5.74) is 0. The Bertz CT molecular complexity index is 561. The van der Waals surface area contributed by atoms with Crippen LogP contribution in [0.4, 0.5) is 0 Å². The van der Waals surface area contributed by atoms with Gasteiger partial charge < -0.3 is 20.1 Å². The highest BCUT2D eigenvalue weighted by molar-refractivity contribution is 5.69. The minimum atomic E-state index is -0.643. The van der Waals surface area contributed by atoms with Crippen molar-refractivity contribution in [2.24, 2.45) is 5.92 Å². The maximum atomic E-state index is 10.4. The van der Waals surface area contributed by atoms with Crippen LogP contribution in [0.2, 0.25) is 0 Å². The van der Waals surface area contributed by atoms with E-state index in [0.717, 1.165) is 37.2 Å². The van der Waals surface area contributed by atoms with E-state index < -0.39 is 12.1 Å². The van der Waals surface area contributed by atoms with E-state index >= 15 is 0 Å². The molecule has 2 aromatic carbocycles. The van der Waals surface area contributed by atoms with Crippen molar-refractivity contribution in [1.29, 1.82) is 0 Å². The molecule has 0 fully saturated rings. The van der Waals surface area contributed by atoms with E-state index in [0.29, 0.717) is 0 Å². The molecule has 156 valence electrons. The molecule has 5 heteroatoms. The van der Waals surface area contributed by atoms with Crippen LogP contribution in [0.3, 0.4) is 0 Å². The van der Waals surface area contributed by atoms with Crippen LogP contribution < -0.4 is 4.74 Å². The molecule has 0 spiro atoms. The van der Waals surface area contributed by atoms with Crippen LogP contribution >= 0.6 is 0 Å². The van der Waals surface area contributed by atoms with E-state index in [2.05, 4.69) is 6.92 Å². The van der Waals surface area contributed by atoms with Gasteiger partial charge in [0.2, 0.25) is 0 Å². The van der Waals surface area contributed by atoms with Gasteiger partial charge in [0.1, 0.15) is 11.5 Å². The molecule has 2 rings (SSSR count). The molecule has 0 aliphatic rings. The zero-order valence-electron chi connectivity index (χ0n) is 17.1. The van der Waals surface area contributed by atoms with E-state index in [9.17, 15) is 4.79 Å². The van der Waals surface area contributed by atoms with Gasteiger partial charge in [0.05, 0.1) is 18.6 Å². The molecular formula is C23H34O5. The molecule has 2 atom stereocenters. The Hall–Kier alpha value is -2.37. The number of carboxylic acids is 1. The first-order valence-electron chi connectivity index (χ1n) is 9.74. The van der Waals surface area contributed by atoms with Crippen LogP contribution in [0.1, 0.15) is 46.5 Å². The molecule has 3 N–H and O–H groups in total. The number of aliphatic hydroxyl groups excluding tert-OH is 2. The first-order chi connectivity index (χ1) is 13.4. The Kier molecular flexibility index (Phi) is 15.4. The number of aliphatic hydroxyl groups is 2. The average Bonchev–Trinajstić information content (AvgIpc) is 2.71. The number of hydrogen-bond donors (Lipinski definition) is 3. The molecule has 2 unspecified atom stereocenters. The molecule has 0 amide bonds. The summed E-state index contributed by atoms with van der Waals surface area (Å²) < 4.78 is 5.58. The summed E-state index contributed by atoms with van der Waals surface area (Å²) in [5, 5.41) is 24.6. The number of carboxylic acid groups (broad SMARTS) is 1. The van der Waals surface area contributed by atoms with E-state index in [1.807, 2.05) is 67.6 Å². The number of ether oxygens (including phenoxy) is 1. The Balaban J connectivity index is 0.000000434. The molecule has 0 aromatic heterocycles. The number of para-hydroxylation sites is 2. The second-order valence-corrected chi connectivity index (χ2v) is 6.35. The molecule has 0 aliphatic carbocycles. The van der Waals surface area contributed by atoms with Gasteiger partial charge in [-0.25, -0.2) is 0 Å². The molecule has 0 saturated carbocycles. The Morgan fingerprint density at radius 3 is 1.68 bits per heavy atom. The van der Waals surface area contributed by atoms with Crippen molar-refractivity contribution in [3.63, 3.8) is 0 Å². The van der Waals surface area contributed by atoms with Gasteiger partial charge in [-0.05, 0) is 44.0 Å². The number of carbonyl (C=O) groups is 1. The van der Waals surface area contributed by atoms with Crippen LogP contribution in [0, 0.1) is 5.92 Å². The Labute approximate surface area is 168 Å². The fourth-order valence-corrected chi connectivity index (χ4v) is 2.07. The summed E-state index contributed by atoms with van der Waals surface area (Å²) in [5.74, 6) is 0.985. The Morgan fingerprint density at radius 2 is 1.39 bits per heavy atom. The lowest BCUT2D eigenvalue weighted by molar-refractivity contribution is -0.142. The molecule has 0 heterocycles. The summed E-state index contributed by atoms with van der Waals surface area (Å²) in [6, 6.07) is 19.5. The highest BCUT2D eigenvalue weighted by Gasteiger charge is 2.12. The lowest BCUT2D eigenvalue weighted by Gasteiger charge is -2.06. The maximum Gasteiger partial charge on any atom is 0.306 e. The lowest BCUT2D eigenvalue weighted by atomic mass is 10.00. The summed E-state index contributed by atoms with van der Waals surface area (Å²) in [6.07, 6.45) is 3.15. The third-order valence-corrected chi connectivity index (χ3v) is 3.73. The fraction of sp³-hybridized carbons (Fsp3) is 0.435. The lowest BCUT2D eigenvalue weighted by Crippen LogP contribution is -2.11. The molecule has 0 saturated heterocycles. The van der Waals surface area contributed by atoms with Crippen molar-refractivity contribution >= 4 is 5.97 Å². The van der Waals surface area contributed by atoms with Gasteiger partial charge in [0, 0.05) is 0 Å². The fourth-order valence-electron chi connectivity index (χ4n) is 2.07. The third-order valence-electron chi connectivity index (χ3n) is 3.73.